The molecule has 4 heteroatoms. The molecule has 0 bridgehead atoms. The Labute approximate surface area is 215 Å². The van der Waals surface area contributed by atoms with E-state index in [0.717, 1.165) is 53.5 Å². The minimum atomic E-state index is -0.577. The molecule has 1 atom stereocenters. The van der Waals surface area contributed by atoms with E-state index in [-0.39, 0.29) is 24.3 Å². The van der Waals surface area contributed by atoms with Crippen LogP contribution in [0.1, 0.15) is 59.9 Å². The Balaban J connectivity index is 1.66. The third kappa shape index (κ3) is 7.07. The van der Waals surface area contributed by atoms with Crippen molar-refractivity contribution in [3.8, 4) is 0 Å². The average molecular weight is 483 g/mol. The number of benzene rings is 3. The molecule has 4 nitrogen and oxygen atoms in total. The monoisotopic (exact) mass is 482 g/mol. The molecule has 2 amide bonds. The van der Waals surface area contributed by atoms with Crippen LogP contribution in [0, 0.1) is 13.8 Å². The van der Waals surface area contributed by atoms with Crippen molar-refractivity contribution < 1.29 is 9.59 Å². The van der Waals surface area contributed by atoms with Gasteiger partial charge in [0.05, 0.1) is 6.42 Å². The molecule has 0 spiro atoms. The molecule has 0 heterocycles. The highest BCUT2D eigenvalue weighted by Gasteiger charge is 2.32. The highest BCUT2D eigenvalue weighted by atomic mass is 16.2. The van der Waals surface area contributed by atoms with Crippen LogP contribution < -0.4 is 5.32 Å². The maximum Gasteiger partial charge on any atom is 0.243 e. The van der Waals surface area contributed by atoms with E-state index in [0.29, 0.717) is 13.0 Å². The fourth-order valence-corrected chi connectivity index (χ4v) is 5.18. The summed E-state index contributed by atoms with van der Waals surface area (Å²) in [4.78, 5) is 29.6. The first-order valence-electron chi connectivity index (χ1n) is 13.2. The lowest BCUT2D eigenvalue weighted by Crippen LogP contribution is -2.53. The lowest BCUT2D eigenvalue weighted by molar-refractivity contribution is -0.141. The van der Waals surface area contributed by atoms with Crippen LogP contribution in [0.4, 0.5) is 0 Å². The number of hydrogen-bond donors (Lipinski definition) is 1. The number of aryl methyl sites for hydroxylation is 2. The van der Waals surface area contributed by atoms with Gasteiger partial charge in [0.1, 0.15) is 6.04 Å². The third-order valence-electron chi connectivity index (χ3n) is 7.26. The van der Waals surface area contributed by atoms with Crippen LogP contribution in [0.15, 0.2) is 78.9 Å². The van der Waals surface area contributed by atoms with Gasteiger partial charge < -0.3 is 10.2 Å². The zero-order chi connectivity index (χ0) is 25.3. The summed E-state index contributed by atoms with van der Waals surface area (Å²) in [6.45, 7) is 4.49. The van der Waals surface area contributed by atoms with E-state index in [1.54, 1.807) is 0 Å². The fraction of sp³-hybridized carbons (Fsp3) is 0.375. The lowest BCUT2D eigenvalue weighted by Gasteiger charge is -2.33. The van der Waals surface area contributed by atoms with Gasteiger partial charge in [0, 0.05) is 19.0 Å². The molecule has 0 radical (unpaired) electrons. The summed E-state index contributed by atoms with van der Waals surface area (Å²) >= 11 is 0. The standard InChI is InChI=1S/C32H38N2O2/c1-24-12-11-16-27(20-24)23-34(31(35)22-28-17-10-9-13-25(28)2)30(21-26-14-5-3-6-15-26)32(36)33-29-18-7-4-8-19-29/h3,5-6,9-17,20,29-30H,4,7-8,18-19,21-23H2,1-2H3,(H,33,36). The van der Waals surface area contributed by atoms with Gasteiger partial charge >= 0.3 is 0 Å². The van der Waals surface area contributed by atoms with E-state index in [9.17, 15) is 9.59 Å². The highest BCUT2D eigenvalue weighted by molar-refractivity contribution is 5.89. The van der Waals surface area contributed by atoms with Crippen LogP contribution in [0.5, 0.6) is 0 Å². The van der Waals surface area contributed by atoms with Crippen LogP contribution in [0.2, 0.25) is 0 Å². The molecule has 3 aromatic carbocycles. The van der Waals surface area contributed by atoms with Gasteiger partial charge in [-0.2, -0.15) is 0 Å². The molecular formula is C32H38N2O2. The fourth-order valence-electron chi connectivity index (χ4n) is 5.18. The van der Waals surface area contributed by atoms with Crippen LogP contribution in [-0.2, 0) is 29.0 Å². The van der Waals surface area contributed by atoms with Crippen molar-refractivity contribution in [2.24, 2.45) is 0 Å². The Hall–Kier alpha value is -3.40. The number of carbonyl (C=O) groups excluding carboxylic acids is 2. The van der Waals surface area contributed by atoms with Crippen molar-refractivity contribution in [2.45, 2.75) is 77.4 Å². The first-order valence-corrected chi connectivity index (χ1v) is 13.2. The second-order valence-electron chi connectivity index (χ2n) is 10.2. The largest absolute Gasteiger partial charge is 0.352 e. The van der Waals surface area contributed by atoms with Gasteiger partial charge in [0.2, 0.25) is 11.8 Å². The van der Waals surface area contributed by atoms with Gasteiger partial charge in [-0.15, -0.1) is 0 Å². The zero-order valence-electron chi connectivity index (χ0n) is 21.6. The second kappa shape index (κ2) is 12.5. The molecule has 3 aromatic rings. The Morgan fingerprint density at radius 3 is 2.28 bits per heavy atom. The Morgan fingerprint density at radius 1 is 0.861 bits per heavy atom. The number of carbonyl (C=O) groups is 2. The molecule has 1 saturated carbocycles. The van der Waals surface area contributed by atoms with E-state index in [1.807, 2.05) is 78.6 Å². The average Bonchev–Trinajstić information content (AvgIpc) is 2.88. The van der Waals surface area contributed by atoms with E-state index in [1.165, 1.54) is 6.42 Å². The number of rotatable bonds is 9. The first kappa shape index (κ1) is 25.7. The highest BCUT2D eigenvalue weighted by Crippen LogP contribution is 2.21. The van der Waals surface area contributed by atoms with Gasteiger partial charge in [0.25, 0.3) is 0 Å². The zero-order valence-corrected chi connectivity index (χ0v) is 21.6. The second-order valence-corrected chi connectivity index (χ2v) is 10.2. The predicted octanol–water partition coefficient (Wildman–Crippen LogP) is 5.93. The summed E-state index contributed by atoms with van der Waals surface area (Å²) < 4.78 is 0. The van der Waals surface area contributed by atoms with Gasteiger partial charge in [-0.3, -0.25) is 9.59 Å². The van der Waals surface area contributed by atoms with Crippen molar-refractivity contribution in [1.29, 1.82) is 0 Å². The molecule has 1 aliphatic rings. The third-order valence-corrected chi connectivity index (χ3v) is 7.26. The topological polar surface area (TPSA) is 49.4 Å². The SMILES string of the molecule is Cc1cccc(CN(C(=O)Cc2ccccc2C)C(Cc2ccccc2)C(=O)NC2CCCCC2)c1. The van der Waals surface area contributed by atoms with Crippen molar-refractivity contribution >= 4 is 11.8 Å². The number of nitrogens with zero attached hydrogens (tertiary/aromatic N) is 1. The normalized spacial score (nSPS) is 14.7. The summed E-state index contributed by atoms with van der Waals surface area (Å²) in [5.74, 6) is -0.0675. The van der Waals surface area contributed by atoms with Crippen molar-refractivity contribution in [1.82, 2.24) is 10.2 Å². The first-order chi connectivity index (χ1) is 17.5. The maximum atomic E-state index is 13.9. The molecule has 36 heavy (non-hydrogen) atoms. The number of nitrogens with one attached hydrogen (secondary N) is 1. The van der Waals surface area contributed by atoms with Crippen LogP contribution in [-0.4, -0.2) is 28.8 Å². The van der Waals surface area contributed by atoms with Crippen molar-refractivity contribution in [2.75, 3.05) is 0 Å². The summed E-state index contributed by atoms with van der Waals surface area (Å²) in [6, 6.07) is 25.9. The quantitative estimate of drug-likeness (QED) is 0.411. The van der Waals surface area contributed by atoms with Crippen LogP contribution >= 0.6 is 0 Å². The maximum absolute atomic E-state index is 13.9. The number of hydrogen-bond acceptors (Lipinski definition) is 2. The predicted molar refractivity (Wildman–Crippen MR) is 146 cm³/mol. The molecule has 1 aliphatic carbocycles. The molecule has 188 valence electrons. The van der Waals surface area contributed by atoms with E-state index >= 15 is 0 Å². The van der Waals surface area contributed by atoms with Crippen LogP contribution in [0.25, 0.3) is 0 Å². The Kier molecular flexibility index (Phi) is 8.94. The molecule has 0 saturated heterocycles. The lowest BCUT2D eigenvalue weighted by atomic mass is 9.94. The summed E-state index contributed by atoms with van der Waals surface area (Å²) in [5.41, 5.74) is 5.33. The van der Waals surface area contributed by atoms with Gasteiger partial charge in [-0.25, -0.2) is 0 Å². The van der Waals surface area contributed by atoms with Gasteiger partial charge in [-0.1, -0.05) is 104 Å². The minimum absolute atomic E-state index is 0.0227. The summed E-state index contributed by atoms with van der Waals surface area (Å²) in [5, 5.41) is 3.31. The smallest absolute Gasteiger partial charge is 0.243 e. The van der Waals surface area contributed by atoms with E-state index in [2.05, 4.69) is 24.4 Å². The van der Waals surface area contributed by atoms with Gasteiger partial charge in [0.15, 0.2) is 0 Å². The number of amides is 2. The van der Waals surface area contributed by atoms with Gasteiger partial charge in [-0.05, 0) is 48.9 Å². The van der Waals surface area contributed by atoms with Crippen molar-refractivity contribution in [3.05, 3.63) is 107 Å². The molecule has 1 fully saturated rings. The molecule has 4 rings (SSSR count). The molecule has 1 unspecified atom stereocenters. The molecule has 1 N–H and O–H groups in total. The molecule has 0 aromatic heterocycles. The van der Waals surface area contributed by atoms with E-state index < -0.39 is 6.04 Å². The Bertz CT molecular complexity index is 1150. The Morgan fingerprint density at radius 2 is 1.56 bits per heavy atom. The minimum Gasteiger partial charge on any atom is -0.352 e. The van der Waals surface area contributed by atoms with Crippen LogP contribution in [0.3, 0.4) is 0 Å². The van der Waals surface area contributed by atoms with E-state index in [4.69, 9.17) is 0 Å². The molecular weight excluding hydrogens is 444 g/mol. The van der Waals surface area contributed by atoms with Crippen molar-refractivity contribution in [3.63, 3.8) is 0 Å². The molecule has 0 aliphatic heterocycles. The summed E-state index contributed by atoms with van der Waals surface area (Å²) in [6.07, 6.45) is 6.32. The summed E-state index contributed by atoms with van der Waals surface area (Å²) in [7, 11) is 0.